The highest BCUT2D eigenvalue weighted by Gasteiger charge is 2.23. The molecule has 3 heterocycles. The Morgan fingerprint density at radius 3 is 3.14 bits per heavy atom. The van der Waals surface area contributed by atoms with Gasteiger partial charge in [0.25, 0.3) is 0 Å². The number of rotatable bonds is 5. The van der Waals surface area contributed by atoms with Gasteiger partial charge in [-0.2, -0.15) is 0 Å². The number of carbonyl (C=O) groups excluding carboxylic acids is 1. The van der Waals surface area contributed by atoms with E-state index in [0.29, 0.717) is 0 Å². The van der Waals surface area contributed by atoms with E-state index < -0.39 is 0 Å². The Kier molecular flexibility index (Phi) is 5.32. The molecule has 1 amide bonds. The van der Waals surface area contributed by atoms with Crippen LogP contribution in [0.15, 0.2) is 4.34 Å². The van der Waals surface area contributed by atoms with Crippen LogP contribution < -0.4 is 10.6 Å². The van der Waals surface area contributed by atoms with Gasteiger partial charge in [0.1, 0.15) is 0 Å². The predicted molar refractivity (Wildman–Crippen MR) is 83.9 cm³/mol. The van der Waals surface area contributed by atoms with Gasteiger partial charge in [0.2, 0.25) is 11.0 Å². The largest absolute Gasteiger partial charge is 0.376 e. The van der Waals surface area contributed by atoms with Crippen LogP contribution >= 0.6 is 23.1 Å². The molecule has 0 spiro atoms. The van der Waals surface area contributed by atoms with Crippen molar-refractivity contribution in [1.82, 2.24) is 15.5 Å². The van der Waals surface area contributed by atoms with Crippen LogP contribution in [0.5, 0.6) is 0 Å². The molecule has 6 nitrogen and oxygen atoms in total. The van der Waals surface area contributed by atoms with E-state index in [1.165, 1.54) is 23.1 Å². The fourth-order valence-corrected chi connectivity index (χ4v) is 4.55. The molecule has 0 radical (unpaired) electrons. The van der Waals surface area contributed by atoms with Gasteiger partial charge in [-0.15, -0.1) is 10.2 Å². The second-order valence-corrected chi connectivity index (χ2v) is 7.71. The van der Waals surface area contributed by atoms with Gasteiger partial charge < -0.3 is 15.4 Å². The zero-order chi connectivity index (χ0) is 14.5. The van der Waals surface area contributed by atoms with E-state index in [1.807, 2.05) is 0 Å². The van der Waals surface area contributed by atoms with Gasteiger partial charge in [-0.3, -0.25) is 4.79 Å². The summed E-state index contributed by atoms with van der Waals surface area (Å²) in [7, 11) is 0. The fraction of sp³-hybridized carbons (Fsp3) is 0.769. The molecular weight excluding hydrogens is 308 g/mol. The molecule has 0 aromatic carbocycles. The number of thioether (sulfide) groups is 1. The monoisotopic (exact) mass is 328 g/mol. The molecule has 3 rings (SSSR count). The molecule has 0 saturated carbocycles. The number of ether oxygens (including phenoxy) is 1. The third-order valence-corrected chi connectivity index (χ3v) is 5.87. The van der Waals surface area contributed by atoms with Gasteiger partial charge in [-0.25, -0.2) is 0 Å². The Labute approximate surface area is 132 Å². The van der Waals surface area contributed by atoms with Gasteiger partial charge in [0.15, 0.2) is 4.34 Å². The first-order valence-corrected chi connectivity index (χ1v) is 9.14. The Bertz CT molecular complexity index is 476. The van der Waals surface area contributed by atoms with Crippen molar-refractivity contribution in [3.05, 3.63) is 0 Å². The second kappa shape index (κ2) is 7.42. The van der Waals surface area contributed by atoms with Crippen molar-refractivity contribution >= 4 is 34.1 Å². The quantitative estimate of drug-likeness (QED) is 0.860. The molecule has 0 aliphatic carbocycles. The number of hydrogen-bond acceptors (Lipinski definition) is 7. The van der Waals surface area contributed by atoms with Crippen LogP contribution in [-0.4, -0.2) is 47.2 Å². The summed E-state index contributed by atoms with van der Waals surface area (Å²) in [5.74, 6) is 0.126. The summed E-state index contributed by atoms with van der Waals surface area (Å²) in [6.45, 7) is 2.43. The van der Waals surface area contributed by atoms with Crippen LogP contribution in [0.1, 0.15) is 32.1 Å². The number of carbonyl (C=O) groups is 1. The maximum Gasteiger partial charge on any atom is 0.233 e. The van der Waals surface area contributed by atoms with E-state index in [1.54, 1.807) is 0 Å². The van der Waals surface area contributed by atoms with Crippen molar-refractivity contribution in [2.24, 2.45) is 0 Å². The molecule has 2 saturated heterocycles. The number of hydrogen-bond donors (Lipinski definition) is 2. The first-order chi connectivity index (χ1) is 10.3. The SMILES string of the molecule is O=C1NCCCC[C@H]1Sc1nnc(NC[C@@H]2CCCO2)s1. The number of anilines is 1. The van der Waals surface area contributed by atoms with Gasteiger partial charge >= 0.3 is 0 Å². The van der Waals surface area contributed by atoms with E-state index in [9.17, 15) is 4.79 Å². The molecule has 1 aromatic rings. The van der Waals surface area contributed by atoms with Crippen molar-refractivity contribution in [3.63, 3.8) is 0 Å². The highest BCUT2D eigenvalue weighted by Crippen LogP contribution is 2.32. The molecule has 0 unspecified atom stereocenters. The van der Waals surface area contributed by atoms with Crippen molar-refractivity contribution in [1.29, 1.82) is 0 Å². The van der Waals surface area contributed by atoms with Crippen molar-refractivity contribution < 1.29 is 9.53 Å². The molecule has 1 aromatic heterocycles. The minimum absolute atomic E-state index is 0.0357. The van der Waals surface area contributed by atoms with Crippen LogP contribution in [-0.2, 0) is 9.53 Å². The highest BCUT2D eigenvalue weighted by molar-refractivity contribution is 8.02. The van der Waals surface area contributed by atoms with Crippen molar-refractivity contribution in [2.75, 3.05) is 25.0 Å². The van der Waals surface area contributed by atoms with Crippen LogP contribution in [0.4, 0.5) is 5.13 Å². The lowest BCUT2D eigenvalue weighted by atomic mass is 10.2. The Balaban J connectivity index is 1.50. The smallest absolute Gasteiger partial charge is 0.233 e. The molecule has 2 atom stereocenters. The van der Waals surface area contributed by atoms with Crippen molar-refractivity contribution in [2.45, 2.75) is 47.8 Å². The van der Waals surface area contributed by atoms with Gasteiger partial charge in [-0.05, 0) is 25.7 Å². The van der Waals surface area contributed by atoms with Crippen LogP contribution in [0.3, 0.4) is 0 Å². The summed E-state index contributed by atoms with van der Waals surface area (Å²) in [5.41, 5.74) is 0. The molecule has 2 aliphatic rings. The fourth-order valence-electron chi connectivity index (χ4n) is 2.48. The summed E-state index contributed by atoms with van der Waals surface area (Å²) >= 11 is 3.04. The average Bonchev–Trinajstić information content (AvgIpc) is 3.10. The minimum Gasteiger partial charge on any atom is -0.376 e. The van der Waals surface area contributed by atoms with Gasteiger partial charge in [-0.1, -0.05) is 29.5 Å². The number of amides is 1. The van der Waals surface area contributed by atoms with E-state index in [2.05, 4.69) is 20.8 Å². The first-order valence-electron chi connectivity index (χ1n) is 7.44. The van der Waals surface area contributed by atoms with E-state index in [-0.39, 0.29) is 17.3 Å². The summed E-state index contributed by atoms with van der Waals surface area (Å²) in [4.78, 5) is 11.9. The molecular formula is C13H20N4O2S2. The lowest BCUT2D eigenvalue weighted by Gasteiger charge is -2.10. The predicted octanol–water partition coefficient (Wildman–Crippen LogP) is 1.89. The van der Waals surface area contributed by atoms with Gasteiger partial charge in [0.05, 0.1) is 11.4 Å². The van der Waals surface area contributed by atoms with Crippen LogP contribution in [0.25, 0.3) is 0 Å². The normalized spacial score (nSPS) is 26.4. The number of nitrogens with one attached hydrogen (secondary N) is 2. The molecule has 8 heteroatoms. The third kappa shape index (κ3) is 4.31. The lowest BCUT2D eigenvalue weighted by molar-refractivity contribution is -0.120. The summed E-state index contributed by atoms with van der Waals surface area (Å²) in [5, 5.41) is 15.3. The maximum absolute atomic E-state index is 11.9. The highest BCUT2D eigenvalue weighted by atomic mass is 32.2. The molecule has 2 aliphatic heterocycles. The molecule has 2 N–H and O–H groups in total. The summed E-state index contributed by atoms with van der Waals surface area (Å²) in [6, 6.07) is 0. The topological polar surface area (TPSA) is 76.1 Å². The standard InChI is InChI=1S/C13H20N4O2S2/c18-11-10(5-1-2-6-14-11)20-13-17-16-12(21-13)15-8-9-4-3-7-19-9/h9-10H,1-8H2,(H,14,18)(H,15,16)/t9-,10+/m0/s1. The summed E-state index contributed by atoms with van der Waals surface area (Å²) < 4.78 is 6.42. The lowest BCUT2D eigenvalue weighted by Crippen LogP contribution is -2.30. The Morgan fingerprint density at radius 1 is 1.33 bits per heavy atom. The molecule has 116 valence electrons. The molecule has 2 fully saturated rings. The van der Waals surface area contributed by atoms with Gasteiger partial charge in [0, 0.05) is 19.7 Å². The van der Waals surface area contributed by atoms with Crippen molar-refractivity contribution in [3.8, 4) is 0 Å². The number of nitrogens with zero attached hydrogens (tertiary/aromatic N) is 2. The molecule has 0 bridgehead atoms. The minimum atomic E-state index is -0.0357. The summed E-state index contributed by atoms with van der Waals surface area (Å²) in [6.07, 6.45) is 5.59. The maximum atomic E-state index is 11.9. The number of aromatic nitrogens is 2. The average molecular weight is 328 g/mol. The van der Waals surface area contributed by atoms with Crippen LogP contribution in [0, 0.1) is 0 Å². The Hall–Kier alpha value is -0.860. The first kappa shape index (κ1) is 15.1. The van der Waals surface area contributed by atoms with Crippen LogP contribution in [0.2, 0.25) is 0 Å². The zero-order valence-corrected chi connectivity index (χ0v) is 13.5. The van der Waals surface area contributed by atoms with E-state index >= 15 is 0 Å². The zero-order valence-electron chi connectivity index (χ0n) is 11.8. The Morgan fingerprint density at radius 2 is 2.29 bits per heavy atom. The second-order valence-electron chi connectivity index (χ2n) is 5.28. The van der Waals surface area contributed by atoms with E-state index in [0.717, 1.165) is 61.3 Å². The third-order valence-electron chi connectivity index (χ3n) is 3.64. The van der Waals surface area contributed by atoms with E-state index in [4.69, 9.17) is 4.74 Å². The molecule has 21 heavy (non-hydrogen) atoms.